The van der Waals surface area contributed by atoms with Crippen LogP contribution in [0.4, 0.5) is 11.5 Å². The lowest BCUT2D eigenvalue weighted by molar-refractivity contribution is 0.114. The Hall–Kier alpha value is -2.64. The molecule has 1 aromatic carbocycles. The molecule has 0 aliphatic carbocycles. The van der Waals surface area contributed by atoms with Crippen LogP contribution in [0.3, 0.4) is 0 Å². The minimum atomic E-state index is -0.693. The van der Waals surface area contributed by atoms with E-state index in [4.69, 9.17) is 15.9 Å². The number of aliphatic hydroxyl groups excluding tert-OH is 1. The molecule has 0 spiro atoms. The van der Waals surface area contributed by atoms with Crippen molar-refractivity contribution in [2.45, 2.75) is 26.0 Å². The van der Waals surface area contributed by atoms with Gasteiger partial charge >= 0.3 is 0 Å². The van der Waals surface area contributed by atoms with Crippen LogP contribution in [0.1, 0.15) is 19.4 Å². The van der Waals surface area contributed by atoms with Crippen LogP contribution in [-0.2, 0) is 0 Å². The summed E-state index contributed by atoms with van der Waals surface area (Å²) in [7, 11) is 1.82. The lowest BCUT2D eigenvalue weighted by Gasteiger charge is -2.17. The average molecular weight is 357 g/mol. The predicted octanol–water partition coefficient (Wildman–Crippen LogP) is 2.31. The van der Waals surface area contributed by atoms with Gasteiger partial charge in [-0.05, 0) is 32.0 Å². The van der Waals surface area contributed by atoms with E-state index >= 15 is 0 Å². The smallest absolute Gasteiger partial charge is 0.137 e. The fourth-order valence-corrected chi connectivity index (χ4v) is 2.44. The summed E-state index contributed by atoms with van der Waals surface area (Å²) in [6, 6.07) is 9.60. The Bertz CT molecular complexity index is 749. The van der Waals surface area contributed by atoms with E-state index in [1.54, 1.807) is 0 Å². The Morgan fingerprint density at radius 3 is 2.73 bits per heavy atom. The monoisotopic (exact) mass is 357 g/mol. The summed E-state index contributed by atoms with van der Waals surface area (Å²) < 4.78 is 5.59. The lowest BCUT2D eigenvalue weighted by atomic mass is 10.1. The van der Waals surface area contributed by atoms with Crippen molar-refractivity contribution in [2.24, 2.45) is 5.73 Å². The van der Waals surface area contributed by atoms with Gasteiger partial charge in [0.15, 0.2) is 0 Å². The molecule has 7 nitrogen and oxygen atoms in total. The molecule has 0 saturated carbocycles. The van der Waals surface area contributed by atoms with Gasteiger partial charge in [-0.1, -0.05) is 12.1 Å². The van der Waals surface area contributed by atoms with Gasteiger partial charge in [0.05, 0.1) is 11.3 Å². The minimum Gasteiger partial charge on any atom is -0.491 e. The van der Waals surface area contributed by atoms with Crippen molar-refractivity contribution in [3.8, 4) is 17.0 Å². The van der Waals surface area contributed by atoms with Gasteiger partial charge in [-0.15, -0.1) is 0 Å². The van der Waals surface area contributed by atoms with Crippen LogP contribution < -0.4 is 21.1 Å². The fourth-order valence-electron chi connectivity index (χ4n) is 2.44. The predicted molar refractivity (Wildman–Crippen MR) is 106 cm³/mol. The number of pyridine rings is 1. The average Bonchev–Trinajstić information content (AvgIpc) is 2.65. The highest BCUT2D eigenvalue weighted by molar-refractivity contribution is 5.93. The number of aromatic nitrogens is 1. The van der Waals surface area contributed by atoms with Crippen LogP contribution in [0.5, 0.6) is 5.75 Å². The van der Waals surface area contributed by atoms with Crippen molar-refractivity contribution < 1.29 is 9.84 Å². The number of nitrogens with zero attached hydrogens (tertiary/aromatic N) is 1. The normalized spacial score (nSPS) is 11.9. The second kappa shape index (κ2) is 9.17. The van der Waals surface area contributed by atoms with Gasteiger partial charge in [-0.25, -0.2) is 4.98 Å². The summed E-state index contributed by atoms with van der Waals surface area (Å²) in [6.45, 7) is 4.35. The quantitative estimate of drug-likeness (QED) is 0.440. The molecule has 140 valence electrons. The summed E-state index contributed by atoms with van der Waals surface area (Å²) >= 11 is 0. The van der Waals surface area contributed by atoms with Crippen LogP contribution in [0.25, 0.3) is 11.3 Å². The first kappa shape index (κ1) is 19.7. The number of benzene rings is 1. The van der Waals surface area contributed by atoms with E-state index in [9.17, 15) is 5.11 Å². The number of ether oxygens (including phenoxy) is 1. The third-order valence-corrected chi connectivity index (χ3v) is 3.74. The van der Waals surface area contributed by atoms with Gasteiger partial charge in [0.1, 0.15) is 24.3 Å². The van der Waals surface area contributed by atoms with E-state index in [-0.39, 0.29) is 19.2 Å². The Morgan fingerprint density at radius 1 is 1.35 bits per heavy atom. The molecule has 0 fully saturated rings. The number of anilines is 2. The zero-order valence-electron chi connectivity index (χ0n) is 15.4. The lowest BCUT2D eigenvalue weighted by Crippen LogP contribution is -2.26. The molecule has 0 bridgehead atoms. The molecule has 0 aliphatic heterocycles. The van der Waals surface area contributed by atoms with Gasteiger partial charge in [0, 0.05) is 37.1 Å². The molecule has 0 saturated heterocycles. The number of aliphatic hydroxyl groups is 1. The van der Waals surface area contributed by atoms with Crippen LogP contribution in [0.15, 0.2) is 30.3 Å². The Kier molecular flexibility index (Phi) is 6.94. The Morgan fingerprint density at radius 2 is 2.12 bits per heavy atom. The maximum atomic E-state index is 9.55. The highest BCUT2D eigenvalue weighted by Gasteiger charge is 2.13. The van der Waals surface area contributed by atoms with Gasteiger partial charge in [0.25, 0.3) is 0 Å². The first-order valence-corrected chi connectivity index (χ1v) is 8.59. The molecular weight excluding hydrogens is 330 g/mol. The summed E-state index contributed by atoms with van der Waals surface area (Å²) in [5.41, 5.74) is 8.57. The SMILES string of the molecule is CNc1cc(-c2cccc(OCC(O)CN)c2)nc(NC(C)C)c1C=N. The highest BCUT2D eigenvalue weighted by Crippen LogP contribution is 2.30. The Balaban J connectivity index is 2.39. The zero-order chi connectivity index (χ0) is 19.1. The highest BCUT2D eigenvalue weighted by atomic mass is 16.5. The second-order valence-corrected chi connectivity index (χ2v) is 6.24. The third kappa shape index (κ3) is 4.93. The summed E-state index contributed by atoms with van der Waals surface area (Å²) in [6.07, 6.45) is 0.600. The molecule has 26 heavy (non-hydrogen) atoms. The van der Waals surface area contributed by atoms with E-state index < -0.39 is 6.10 Å². The van der Waals surface area contributed by atoms with Crippen molar-refractivity contribution in [1.29, 1.82) is 5.41 Å². The van der Waals surface area contributed by atoms with Crippen LogP contribution >= 0.6 is 0 Å². The minimum absolute atomic E-state index is 0.141. The van der Waals surface area contributed by atoms with Crippen molar-refractivity contribution in [3.63, 3.8) is 0 Å². The summed E-state index contributed by atoms with van der Waals surface area (Å²) in [5, 5.41) is 23.7. The zero-order valence-corrected chi connectivity index (χ0v) is 15.4. The molecule has 7 heteroatoms. The molecule has 0 aliphatic rings. The molecule has 6 N–H and O–H groups in total. The maximum Gasteiger partial charge on any atom is 0.137 e. The van der Waals surface area contributed by atoms with E-state index in [1.807, 2.05) is 51.2 Å². The topological polar surface area (TPSA) is 116 Å². The first-order valence-electron chi connectivity index (χ1n) is 8.59. The standard InChI is InChI=1S/C19H27N5O2/c1-12(2)23-19-16(10-21)18(22-3)8-17(24-19)13-5-4-6-15(7-13)26-11-14(25)9-20/h4-8,10,12,14,21,25H,9,11,20H2,1-3H3,(H2,22,23,24). The first-order chi connectivity index (χ1) is 12.5. The molecular formula is C19H27N5O2. The van der Waals surface area contributed by atoms with Crippen LogP contribution in [0.2, 0.25) is 0 Å². The van der Waals surface area contributed by atoms with Crippen molar-refractivity contribution >= 4 is 17.7 Å². The van der Waals surface area contributed by atoms with Gasteiger partial charge in [0.2, 0.25) is 0 Å². The molecule has 1 atom stereocenters. The number of hydrogen-bond donors (Lipinski definition) is 5. The van der Waals surface area contributed by atoms with Crippen LogP contribution in [0, 0.1) is 5.41 Å². The van der Waals surface area contributed by atoms with Crippen molar-refractivity contribution in [2.75, 3.05) is 30.8 Å². The fraction of sp³-hybridized carbons (Fsp3) is 0.368. The van der Waals surface area contributed by atoms with Crippen molar-refractivity contribution in [3.05, 3.63) is 35.9 Å². The van der Waals surface area contributed by atoms with E-state index in [2.05, 4.69) is 15.6 Å². The van der Waals surface area contributed by atoms with Gasteiger partial charge in [-0.3, -0.25) is 0 Å². The van der Waals surface area contributed by atoms with E-state index in [0.29, 0.717) is 17.1 Å². The van der Waals surface area contributed by atoms with E-state index in [1.165, 1.54) is 6.21 Å². The summed E-state index contributed by atoms with van der Waals surface area (Å²) in [4.78, 5) is 4.69. The van der Waals surface area contributed by atoms with Gasteiger partial charge in [-0.2, -0.15) is 0 Å². The molecule has 1 aromatic heterocycles. The molecule has 1 unspecified atom stereocenters. The number of hydrogen-bond acceptors (Lipinski definition) is 7. The molecule has 0 amide bonds. The molecule has 2 rings (SSSR count). The largest absolute Gasteiger partial charge is 0.491 e. The van der Waals surface area contributed by atoms with Gasteiger partial charge < -0.3 is 31.6 Å². The number of rotatable bonds is 9. The van der Waals surface area contributed by atoms with E-state index in [0.717, 1.165) is 16.9 Å². The third-order valence-electron chi connectivity index (χ3n) is 3.74. The number of nitrogens with two attached hydrogens (primary N) is 1. The molecule has 2 aromatic rings. The Labute approximate surface area is 154 Å². The maximum absolute atomic E-state index is 9.55. The second-order valence-electron chi connectivity index (χ2n) is 6.24. The number of nitrogens with one attached hydrogen (secondary N) is 3. The van der Waals surface area contributed by atoms with Crippen molar-refractivity contribution in [1.82, 2.24) is 4.98 Å². The molecule has 0 radical (unpaired) electrons. The summed E-state index contributed by atoms with van der Waals surface area (Å²) in [5.74, 6) is 1.29. The van der Waals surface area contributed by atoms with Crippen LogP contribution in [-0.4, -0.2) is 48.7 Å². The molecule has 1 heterocycles.